The lowest BCUT2D eigenvalue weighted by molar-refractivity contribution is -0.117. The third-order valence-corrected chi connectivity index (χ3v) is 6.02. The topological polar surface area (TPSA) is 86.7 Å². The summed E-state index contributed by atoms with van der Waals surface area (Å²) in [5, 5.41) is 10.5. The van der Waals surface area contributed by atoms with Crippen molar-refractivity contribution in [1.82, 2.24) is 4.72 Å². The van der Waals surface area contributed by atoms with Crippen molar-refractivity contribution in [3.8, 4) is 0 Å². The molecule has 1 saturated heterocycles. The van der Waals surface area contributed by atoms with Crippen molar-refractivity contribution >= 4 is 21.6 Å². The van der Waals surface area contributed by atoms with E-state index in [9.17, 15) is 22.7 Å². The number of sulfonamides is 1. The largest absolute Gasteiger partial charge is 0.384 e. The summed E-state index contributed by atoms with van der Waals surface area (Å²) in [6, 6.07) is 11.3. The second-order valence-corrected chi connectivity index (χ2v) is 8.52. The Bertz CT molecular complexity index is 925. The highest BCUT2D eigenvalue weighted by atomic mass is 32.2. The van der Waals surface area contributed by atoms with Crippen LogP contribution >= 0.6 is 0 Å². The van der Waals surface area contributed by atoms with Gasteiger partial charge in [0.05, 0.1) is 4.90 Å². The van der Waals surface area contributed by atoms with Gasteiger partial charge in [0.25, 0.3) is 0 Å². The van der Waals surface area contributed by atoms with Crippen molar-refractivity contribution in [3.05, 3.63) is 59.9 Å². The molecule has 1 heterocycles. The number of anilines is 1. The van der Waals surface area contributed by atoms with Gasteiger partial charge in [-0.15, -0.1) is 0 Å². The first kappa shape index (κ1) is 19.5. The maximum absolute atomic E-state index is 13.0. The van der Waals surface area contributed by atoms with Crippen LogP contribution in [0.2, 0.25) is 0 Å². The second-order valence-electron chi connectivity index (χ2n) is 6.75. The van der Waals surface area contributed by atoms with E-state index in [1.165, 1.54) is 43.3 Å². The molecular formula is C19H21FN2O4S. The van der Waals surface area contributed by atoms with E-state index in [4.69, 9.17) is 0 Å². The lowest BCUT2D eigenvalue weighted by Crippen LogP contribution is -2.38. The lowest BCUT2D eigenvalue weighted by atomic mass is 9.96. The molecule has 1 atom stereocenters. The van der Waals surface area contributed by atoms with Crippen LogP contribution in [0.4, 0.5) is 10.1 Å². The molecule has 144 valence electrons. The van der Waals surface area contributed by atoms with E-state index in [1.807, 2.05) is 0 Å². The zero-order chi connectivity index (χ0) is 19.7. The van der Waals surface area contributed by atoms with Gasteiger partial charge in [0.15, 0.2) is 0 Å². The number of aliphatic hydroxyl groups is 1. The predicted molar refractivity (Wildman–Crippen MR) is 99.2 cm³/mol. The summed E-state index contributed by atoms with van der Waals surface area (Å²) < 4.78 is 40.4. The third-order valence-electron chi connectivity index (χ3n) is 4.60. The minimum atomic E-state index is -3.85. The van der Waals surface area contributed by atoms with Gasteiger partial charge in [-0.25, -0.2) is 17.5 Å². The molecule has 1 fully saturated rings. The standard InChI is InChI=1S/C19H21FN2O4S/c1-19(24,14-4-6-15(20)7-5-14)13-21-27(25,26)17-10-8-16(9-11-17)22-12-2-3-18(22)23/h4-11,21,24H,2-3,12-13H2,1H3. The summed E-state index contributed by atoms with van der Waals surface area (Å²) in [6.45, 7) is 1.81. The molecule has 1 aliphatic rings. The predicted octanol–water partition coefficient (Wildman–Crippen LogP) is 2.14. The average Bonchev–Trinajstić information content (AvgIpc) is 3.07. The van der Waals surface area contributed by atoms with Crippen LogP contribution in [-0.2, 0) is 20.4 Å². The Kier molecular flexibility index (Phi) is 5.32. The van der Waals surface area contributed by atoms with Crippen LogP contribution in [0.25, 0.3) is 0 Å². The Morgan fingerprint density at radius 3 is 2.33 bits per heavy atom. The Labute approximate surface area is 157 Å². The first-order chi connectivity index (χ1) is 12.7. The number of hydrogen-bond donors (Lipinski definition) is 2. The van der Waals surface area contributed by atoms with E-state index in [2.05, 4.69) is 4.72 Å². The smallest absolute Gasteiger partial charge is 0.240 e. The lowest BCUT2D eigenvalue weighted by Gasteiger charge is -2.24. The molecule has 3 rings (SSSR count). The van der Waals surface area contributed by atoms with Crippen molar-refractivity contribution in [3.63, 3.8) is 0 Å². The molecule has 6 nitrogen and oxygen atoms in total. The van der Waals surface area contributed by atoms with Crippen molar-refractivity contribution < 1.29 is 22.7 Å². The normalized spacial score (nSPS) is 17.1. The number of carbonyl (C=O) groups is 1. The van der Waals surface area contributed by atoms with Gasteiger partial charge in [0.1, 0.15) is 11.4 Å². The summed E-state index contributed by atoms with van der Waals surface area (Å²) in [7, 11) is -3.85. The quantitative estimate of drug-likeness (QED) is 0.789. The van der Waals surface area contributed by atoms with Gasteiger partial charge in [-0.2, -0.15) is 0 Å². The van der Waals surface area contributed by atoms with Gasteiger partial charge in [0.2, 0.25) is 15.9 Å². The molecule has 0 aliphatic carbocycles. The highest BCUT2D eigenvalue weighted by Gasteiger charge is 2.27. The number of halogens is 1. The third kappa shape index (κ3) is 4.35. The summed E-state index contributed by atoms with van der Waals surface area (Å²) >= 11 is 0. The SMILES string of the molecule is CC(O)(CNS(=O)(=O)c1ccc(N2CCCC2=O)cc1)c1ccc(F)cc1. The highest BCUT2D eigenvalue weighted by Crippen LogP contribution is 2.24. The number of nitrogens with zero attached hydrogens (tertiary/aromatic N) is 1. The fourth-order valence-corrected chi connectivity index (χ4v) is 4.09. The van der Waals surface area contributed by atoms with Crippen LogP contribution in [0, 0.1) is 5.82 Å². The Morgan fingerprint density at radius 2 is 1.78 bits per heavy atom. The minimum absolute atomic E-state index is 0.0269. The minimum Gasteiger partial charge on any atom is -0.384 e. The van der Waals surface area contributed by atoms with E-state index in [-0.39, 0.29) is 17.3 Å². The average molecular weight is 392 g/mol. The maximum atomic E-state index is 13.0. The van der Waals surface area contributed by atoms with Gasteiger partial charge in [-0.1, -0.05) is 12.1 Å². The zero-order valence-corrected chi connectivity index (χ0v) is 15.7. The van der Waals surface area contributed by atoms with Crippen molar-refractivity contribution in [2.24, 2.45) is 0 Å². The van der Waals surface area contributed by atoms with Crippen LogP contribution in [0.15, 0.2) is 53.4 Å². The van der Waals surface area contributed by atoms with Crippen LogP contribution in [0.5, 0.6) is 0 Å². The molecule has 1 amide bonds. The Morgan fingerprint density at radius 1 is 1.15 bits per heavy atom. The van der Waals surface area contributed by atoms with Crippen molar-refractivity contribution in [1.29, 1.82) is 0 Å². The highest BCUT2D eigenvalue weighted by molar-refractivity contribution is 7.89. The number of carbonyl (C=O) groups excluding carboxylic acids is 1. The molecule has 2 aromatic carbocycles. The summed E-state index contributed by atoms with van der Waals surface area (Å²) in [5.74, 6) is -0.411. The van der Waals surface area contributed by atoms with Gasteiger partial charge in [-0.05, 0) is 55.3 Å². The first-order valence-electron chi connectivity index (χ1n) is 8.58. The molecule has 2 aromatic rings. The molecule has 0 bridgehead atoms. The summed E-state index contributed by atoms with van der Waals surface area (Å²) in [5.41, 5.74) is -0.438. The number of benzene rings is 2. The molecule has 2 N–H and O–H groups in total. The monoisotopic (exact) mass is 392 g/mol. The summed E-state index contributed by atoms with van der Waals surface area (Å²) in [6.07, 6.45) is 1.29. The number of amides is 1. The Balaban J connectivity index is 1.70. The maximum Gasteiger partial charge on any atom is 0.240 e. The Hall–Kier alpha value is -2.29. The van der Waals surface area contributed by atoms with E-state index in [1.54, 1.807) is 17.0 Å². The zero-order valence-electron chi connectivity index (χ0n) is 14.9. The molecular weight excluding hydrogens is 371 g/mol. The van der Waals surface area contributed by atoms with Gasteiger partial charge in [-0.3, -0.25) is 4.79 Å². The fourth-order valence-electron chi connectivity index (χ4n) is 2.96. The number of hydrogen-bond acceptors (Lipinski definition) is 4. The molecule has 0 radical (unpaired) electrons. The van der Waals surface area contributed by atoms with E-state index < -0.39 is 21.4 Å². The summed E-state index contributed by atoms with van der Waals surface area (Å²) in [4.78, 5) is 13.4. The molecule has 0 saturated carbocycles. The van der Waals surface area contributed by atoms with Gasteiger partial charge < -0.3 is 10.0 Å². The molecule has 1 unspecified atom stereocenters. The van der Waals surface area contributed by atoms with Gasteiger partial charge in [0, 0.05) is 25.2 Å². The van der Waals surface area contributed by atoms with Crippen LogP contribution in [-0.4, -0.2) is 32.5 Å². The molecule has 1 aliphatic heterocycles. The molecule has 8 heteroatoms. The van der Waals surface area contributed by atoms with E-state index in [0.29, 0.717) is 24.2 Å². The van der Waals surface area contributed by atoms with E-state index >= 15 is 0 Å². The second kappa shape index (κ2) is 7.38. The fraction of sp³-hybridized carbons (Fsp3) is 0.316. The molecule has 0 aromatic heterocycles. The van der Waals surface area contributed by atoms with Crippen LogP contribution in [0.1, 0.15) is 25.3 Å². The molecule has 27 heavy (non-hydrogen) atoms. The van der Waals surface area contributed by atoms with Crippen molar-refractivity contribution in [2.75, 3.05) is 18.0 Å². The van der Waals surface area contributed by atoms with Gasteiger partial charge >= 0.3 is 0 Å². The van der Waals surface area contributed by atoms with Crippen molar-refractivity contribution in [2.45, 2.75) is 30.3 Å². The van der Waals surface area contributed by atoms with E-state index in [0.717, 1.165) is 6.42 Å². The van der Waals surface area contributed by atoms with Crippen LogP contribution in [0.3, 0.4) is 0 Å². The molecule has 0 spiro atoms. The number of rotatable bonds is 6. The first-order valence-corrected chi connectivity index (χ1v) is 10.1. The number of nitrogens with one attached hydrogen (secondary N) is 1. The van der Waals surface area contributed by atoms with Crippen LogP contribution < -0.4 is 9.62 Å².